The van der Waals surface area contributed by atoms with Crippen molar-refractivity contribution in [3.05, 3.63) is 63.6 Å². The zero-order valence-electron chi connectivity index (χ0n) is 14.6. The van der Waals surface area contributed by atoms with Crippen molar-refractivity contribution in [3.8, 4) is 16.3 Å². The molecule has 144 valence electrons. The lowest BCUT2D eigenvalue weighted by molar-refractivity contribution is -0.119. The molecular weight excluding hydrogens is 423 g/mol. The van der Waals surface area contributed by atoms with Gasteiger partial charge in [-0.3, -0.25) is 4.79 Å². The van der Waals surface area contributed by atoms with Crippen molar-refractivity contribution in [2.24, 2.45) is 0 Å². The summed E-state index contributed by atoms with van der Waals surface area (Å²) in [5, 5.41) is 5.79. The first-order valence-electron chi connectivity index (χ1n) is 7.98. The van der Waals surface area contributed by atoms with Crippen LogP contribution in [-0.2, 0) is 9.53 Å². The lowest BCUT2D eigenvalue weighted by Crippen LogP contribution is -2.21. The van der Waals surface area contributed by atoms with Gasteiger partial charge in [-0.25, -0.2) is 9.78 Å². The van der Waals surface area contributed by atoms with Crippen LogP contribution in [0.2, 0.25) is 10.0 Å². The standard InChI is InChI=1S/C19H14Cl2N2O4S/c1-26-16-6-5-13(21)8-14(16)22-17(24)9-27-19(25)15-10-28-18(23-15)11-3-2-4-12(20)7-11/h2-8,10H,9H2,1H3,(H,22,24). The highest BCUT2D eigenvalue weighted by Gasteiger charge is 2.16. The van der Waals surface area contributed by atoms with Gasteiger partial charge in [-0.2, -0.15) is 0 Å². The highest BCUT2D eigenvalue weighted by atomic mass is 35.5. The summed E-state index contributed by atoms with van der Waals surface area (Å²) in [6, 6.07) is 11.9. The van der Waals surface area contributed by atoms with Crippen LogP contribution in [0.15, 0.2) is 47.8 Å². The van der Waals surface area contributed by atoms with E-state index < -0.39 is 18.5 Å². The van der Waals surface area contributed by atoms with Crippen LogP contribution in [0.4, 0.5) is 5.69 Å². The average molecular weight is 437 g/mol. The van der Waals surface area contributed by atoms with E-state index in [9.17, 15) is 9.59 Å². The van der Waals surface area contributed by atoms with Crippen LogP contribution in [0.3, 0.4) is 0 Å². The normalized spacial score (nSPS) is 10.4. The summed E-state index contributed by atoms with van der Waals surface area (Å²) in [6.07, 6.45) is 0. The molecule has 0 saturated heterocycles. The molecule has 0 radical (unpaired) electrons. The molecule has 0 saturated carbocycles. The number of carbonyl (C=O) groups excluding carboxylic acids is 2. The summed E-state index contributed by atoms with van der Waals surface area (Å²) >= 11 is 13.2. The number of rotatable bonds is 6. The number of thiazole rings is 1. The van der Waals surface area contributed by atoms with Crippen LogP contribution >= 0.6 is 34.5 Å². The number of hydrogen-bond acceptors (Lipinski definition) is 6. The second-order valence-corrected chi connectivity index (χ2v) is 7.25. The molecule has 0 aliphatic carbocycles. The quantitative estimate of drug-likeness (QED) is 0.554. The molecule has 0 bridgehead atoms. The number of ether oxygens (including phenoxy) is 2. The van der Waals surface area contributed by atoms with Gasteiger partial charge in [-0.1, -0.05) is 35.3 Å². The minimum atomic E-state index is -0.697. The SMILES string of the molecule is COc1ccc(Cl)cc1NC(=O)COC(=O)c1csc(-c2cccc(Cl)c2)n1. The first-order chi connectivity index (χ1) is 13.5. The van der Waals surface area contributed by atoms with Crippen LogP contribution in [0.25, 0.3) is 10.6 Å². The first kappa shape index (κ1) is 20.1. The summed E-state index contributed by atoms with van der Waals surface area (Å²) in [5.41, 5.74) is 1.29. The first-order valence-corrected chi connectivity index (χ1v) is 9.62. The van der Waals surface area contributed by atoms with E-state index in [-0.39, 0.29) is 5.69 Å². The third kappa shape index (κ3) is 5.01. The van der Waals surface area contributed by atoms with E-state index in [1.165, 1.54) is 24.5 Å². The Hall–Kier alpha value is -2.61. The number of anilines is 1. The Morgan fingerprint density at radius 3 is 2.68 bits per heavy atom. The molecule has 3 aromatic rings. The van der Waals surface area contributed by atoms with Crippen molar-refractivity contribution in [1.29, 1.82) is 0 Å². The maximum absolute atomic E-state index is 12.2. The van der Waals surface area contributed by atoms with Gasteiger partial charge in [0, 0.05) is 21.0 Å². The van der Waals surface area contributed by atoms with Crippen LogP contribution in [0.5, 0.6) is 5.75 Å². The fourth-order valence-electron chi connectivity index (χ4n) is 2.29. The van der Waals surface area contributed by atoms with Gasteiger partial charge in [-0.15, -0.1) is 11.3 Å². The van der Waals surface area contributed by atoms with Gasteiger partial charge in [0.1, 0.15) is 10.8 Å². The molecule has 9 heteroatoms. The van der Waals surface area contributed by atoms with Crippen LogP contribution in [0, 0.1) is 0 Å². The number of hydrogen-bond donors (Lipinski definition) is 1. The highest BCUT2D eigenvalue weighted by molar-refractivity contribution is 7.13. The molecule has 0 aliphatic rings. The lowest BCUT2D eigenvalue weighted by Gasteiger charge is -2.10. The molecule has 1 amide bonds. The summed E-state index contributed by atoms with van der Waals surface area (Å²) < 4.78 is 10.2. The minimum Gasteiger partial charge on any atom is -0.495 e. The number of aromatic nitrogens is 1. The number of halogens is 2. The van der Waals surface area contributed by atoms with Gasteiger partial charge < -0.3 is 14.8 Å². The number of amides is 1. The Morgan fingerprint density at radius 1 is 1.14 bits per heavy atom. The van der Waals surface area contributed by atoms with Gasteiger partial charge in [0.15, 0.2) is 12.3 Å². The van der Waals surface area contributed by atoms with Gasteiger partial charge in [0.2, 0.25) is 0 Å². The van der Waals surface area contributed by atoms with Crippen molar-refractivity contribution >= 4 is 52.1 Å². The highest BCUT2D eigenvalue weighted by Crippen LogP contribution is 2.28. The summed E-state index contributed by atoms with van der Waals surface area (Å²) in [6.45, 7) is -0.474. The minimum absolute atomic E-state index is 0.119. The van der Waals surface area contributed by atoms with Crippen molar-refractivity contribution < 1.29 is 19.1 Å². The maximum Gasteiger partial charge on any atom is 0.358 e. The Labute approximate surface area is 175 Å². The molecule has 2 aromatic carbocycles. The van der Waals surface area contributed by atoms with E-state index in [1.807, 2.05) is 6.07 Å². The third-order valence-electron chi connectivity index (χ3n) is 3.55. The second-order valence-electron chi connectivity index (χ2n) is 5.52. The molecule has 1 N–H and O–H groups in total. The summed E-state index contributed by atoms with van der Waals surface area (Å²) in [7, 11) is 1.47. The monoisotopic (exact) mass is 436 g/mol. The molecule has 6 nitrogen and oxygen atoms in total. The van der Waals surface area contributed by atoms with E-state index in [2.05, 4.69) is 10.3 Å². The van der Waals surface area contributed by atoms with Crippen molar-refractivity contribution in [1.82, 2.24) is 4.98 Å². The van der Waals surface area contributed by atoms with Crippen molar-refractivity contribution in [2.75, 3.05) is 19.0 Å². The van der Waals surface area contributed by atoms with Gasteiger partial charge in [0.25, 0.3) is 5.91 Å². The van der Waals surface area contributed by atoms with Gasteiger partial charge in [-0.05, 0) is 30.3 Å². The molecule has 28 heavy (non-hydrogen) atoms. The number of methoxy groups -OCH3 is 1. The Bertz CT molecular complexity index is 1020. The number of nitrogens with one attached hydrogen (secondary N) is 1. The van der Waals surface area contributed by atoms with Gasteiger partial charge >= 0.3 is 5.97 Å². The molecule has 1 aromatic heterocycles. The predicted molar refractivity (Wildman–Crippen MR) is 109 cm³/mol. The number of carbonyl (C=O) groups is 2. The van der Waals surface area contributed by atoms with Gasteiger partial charge in [0.05, 0.1) is 12.8 Å². The second kappa shape index (κ2) is 9.05. The number of nitrogens with zero attached hydrogens (tertiary/aromatic N) is 1. The molecule has 3 rings (SSSR count). The fraction of sp³-hybridized carbons (Fsp3) is 0.105. The predicted octanol–water partition coefficient (Wildman–Crippen LogP) is 4.92. The van der Waals surface area contributed by atoms with E-state index in [0.717, 1.165) is 5.56 Å². The van der Waals surface area contributed by atoms with Crippen LogP contribution in [0.1, 0.15) is 10.5 Å². The molecule has 1 heterocycles. The number of benzene rings is 2. The third-order valence-corrected chi connectivity index (χ3v) is 4.92. The maximum atomic E-state index is 12.2. The molecular formula is C19H14Cl2N2O4S. The molecule has 0 unspecified atom stereocenters. The smallest absolute Gasteiger partial charge is 0.358 e. The molecule has 0 atom stereocenters. The largest absolute Gasteiger partial charge is 0.495 e. The summed E-state index contributed by atoms with van der Waals surface area (Å²) in [4.78, 5) is 28.5. The Balaban J connectivity index is 1.60. The fourth-order valence-corrected chi connectivity index (χ4v) is 3.44. The number of esters is 1. The van der Waals surface area contributed by atoms with Crippen molar-refractivity contribution in [3.63, 3.8) is 0 Å². The zero-order chi connectivity index (χ0) is 20.1. The molecule has 0 aliphatic heterocycles. The van der Waals surface area contributed by atoms with Crippen LogP contribution in [-0.4, -0.2) is 30.6 Å². The average Bonchev–Trinajstić information content (AvgIpc) is 3.17. The summed E-state index contributed by atoms with van der Waals surface area (Å²) in [5.74, 6) is -0.785. The van der Waals surface area contributed by atoms with Crippen LogP contribution < -0.4 is 10.1 Å². The van der Waals surface area contributed by atoms with E-state index in [1.54, 1.807) is 35.7 Å². The Morgan fingerprint density at radius 2 is 1.93 bits per heavy atom. The van der Waals surface area contributed by atoms with E-state index in [0.29, 0.717) is 26.5 Å². The zero-order valence-corrected chi connectivity index (χ0v) is 16.9. The van der Waals surface area contributed by atoms with E-state index in [4.69, 9.17) is 32.7 Å². The van der Waals surface area contributed by atoms with Crippen molar-refractivity contribution in [2.45, 2.75) is 0 Å². The lowest BCUT2D eigenvalue weighted by atomic mass is 10.2. The van der Waals surface area contributed by atoms with E-state index >= 15 is 0 Å². The Kier molecular flexibility index (Phi) is 6.51. The molecule has 0 spiro atoms. The molecule has 0 fully saturated rings. The topological polar surface area (TPSA) is 77.5 Å².